The highest BCUT2D eigenvalue weighted by atomic mass is 16.5. The van der Waals surface area contributed by atoms with Crippen LogP contribution in [0.2, 0.25) is 0 Å². The second kappa shape index (κ2) is 10.6. The molecule has 0 bridgehead atoms. The monoisotopic (exact) mass is 279 g/mol. The van der Waals surface area contributed by atoms with E-state index in [4.69, 9.17) is 9.47 Å². The Kier molecular flexibility index (Phi) is 8.88. The van der Waals surface area contributed by atoms with Gasteiger partial charge < -0.3 is 14.4 Å². The number of hydrogen-bond donors (Lipinski definition) is 0. The fraction of sp³-hybridized carbons (Fsp3) is 0.647. The number of nitrogens with zero attached hydrogens (tertiary/aromatic N) is 1. The average Bonchev–Trinajstić information content (AvgIpc) is 2.49. The topological polar surface area (TPSA) is 21.7 Å². The molecule has 0 saturated carbocycles. The van der Waals surface area contributed by atoms with E-state index in [1.807, 2.05) is 24.3 Å². The van der Waals surface area contributed by atoms with Crippen molar-refractivity contribution < 1.29 is 9.47 Å². The molecule has 0 amide bonds. The Balaban J connectivity index is 2.21. The SMILES string of the molecule is CCCCOc1ccc(OCCCN(CC)CC)cc1. The Hall–Kier alpha value is -1.22. The maximum Gasteiger partial charge on any atom is 0.119 e. The summed E-state index contributed by atoms with van der Waals surface area (Å²) in [5.41, 5.74) is 0. The first kappa shape index (κ1) is 16.8. The maximum absolute atomic E-state index is 5.74. The van der Waals surface area contributed by atoms with E-state index in [-0.39, 0.29) is 0 Å². The lowest BCUT2D eigenvalue weighted by Crippen LogP contribution is -2.25. The summed E-state index contributed by atoms with van der Waals surface area (Å²) in [4.78, 5) is 2.41. The zero-order chi connectivity index (χ0) is 14.6. The molecule has 1 aromatic carbocycles. The van der Waals surface area contributed by atoms with Crippen LogP contribution in [0, 0.1) is 0 Å². The number of benzene rings is 1. The number of hydrogen-bond acceptors (Lipinski definition) is 3. The zero-order valence-corrected chi connectivity index (χ0v) is 13.2. The van der Waals surface area contributed by atoms with Gasteiger partial charge in [-0.1, -0.05) is 27.2 Å². The standard InChI is InChI=1S/C17H29NO2/c1-4-7-14-19-16-9-11-17(12-10-16)20-15-8-13-18(5-2)6-3/h9-12H,4-8,13-15H2,1-3H3. The highest BCUT2D eigenvalue weighted by molar-refractivity contribution is 5.31. The smallest absolute Gasteiger partial charge is 0.119 e. The first-order chi connectivity index (χ1) is 9.80. The van der Waals surface area contributed by atoms with Crippen molar-refractivity contribution in [3.8, 4) is 11.5 Å². The Morgan fingerprint density at radius 2 is 1.30 bits per heavy atom. The van der Waals surface area contributed by atoms with Crippen molar-refractivity contribution in [3.63, 3.8) is 0 Å². The molecule has 3 heteroatoms. The summed E-state index contributed by atoms with van der Waals surface area (Å²) in [5.74, 6) is 1.85. The molecule has 1 rings (SSSR count). The Morgan fingerprint density at radius 3 is 1.75 bits per heavy atom. The normalized spacial score (nSPS) is 10.8. The fourth-order valence-corrected chi connectivity index (χ4v) is 1.98. The minimum Gasteiger partial charge on any atom is -0.494 e. The van der Waals surface area contributed by atoms with Gasteiger partial charge >= 0.3 is 0 Å². The molecule has 0 saturated heterocycles. The third kappa shape index (κ3) is 6.80. The van der Waals surface area contributed by atoms with Gasteiger partial charge in [-0.25, -0.2) is 0 Å². The second-order valence-electron chi connectivity index (χ2n) is 4.90. The van der Waals surface area contributed by atoms with Gasteiger partial charge in [0.05, 0.1) is 13.2 Å². The predicted octanol–water partition coefficient (Wildman–Crippen LogP) is 3.98. The van der Waals surface area contributed by atoms with Gasteiger partial charge in [0.25, 0.3) is 0 Å². The van der Waals surface area contributed by atoms with E-state index < -0.39 is 0 Å². The van der Waals surface area contributed by atoms with Crippen molar-refractivity contribution in [2.45, 2.75) is 40.0 Å². The van der Waals surface area contributed by atoms with E-state index in [9.17, 15) is 0 Å². The number of rotatable bonds is 11. The van der Waals surface area contributed by atoms with Gasteiger partial charge in [-0.2, -0.15) is 0 Å². The third-order valence-electron chi connectivity index (χ3n) is 3.37. The lowest BCUT2D eigenvalue weighted by molar-refractivity contribution is 0.249. The van der Waals surface area contributed by atoms with Gasteiger partial charge in [-0.05, 0) is 50.2 Å². The van der Waals surface area contributed by atoms with Crippen LogP contribution in [-0.4, -0.2) is 37.7 Å². The van der Waals surface area contributed by atoms with E-state index in [1.54, 1.807) is 0 Å². The first-order valence-corrected chi connectivity index (χ1v) is 7.88. The molecule has 114 valence electrons. The van der Waals surface area contributed by atoms with Gasteiger partial charge in [-0.15, -0.1) is 0 Å². The molecule has 0 aliphatic heterocycles. The van der Waals surface area contributed by atoms with Gasteiger partial charge in [0, 0.05) is 6.54 Å². The Bertz CT molecular complexity index is 333. The van der Waals surface area contributed by atoms with Crippen molar-refractivity contribution in [1.82, 2.24) is 4.90 Å². The van der Waals surface area contributed by atoms with Crippen molar-refractivity contribution >= 4 is 0 Å². The first-order valence-electron chi connectivity index (χ1n) is 7.88. The van der Waals surface area contributed by atoms with Crippen LogP contribution in [0.15, 0.2) is 24.3 Å². The van der Waals surface area contributed by atoms with Crippen molar-refractivity contribution in [2.75, 3.05) is 32.8 Å². The van der Waals surface area contributed by atoms with Gasteiger partial charge in [0.2, 0.25) is 0 Å². The number of unbranched alkanes of at least 4 members (excludes halogenated alkanes) is 1. The van der Waals surface area contributed by atoms with Crippen molar-refractivity contribution in [2.24, 2.45) is 0 Å². The van der Waals surface area contributed by atoms with Crippen LogP contribution in [0.1, 0.15) is 40.0 Å². The lowest BCUT2D eigenvalue weighted by Gasteiger charge is -2.17. The van der Waals surface area contributed by atoms with Crippen LogP contribution in [0.3, 0.4) is 0 Å². The van der Waals surface area contributed by atoms with Crippen molar-refractivity contribution in [1.29, 1.82) is 0 Å². The molecule has 0 aliphatic rings. The molecule has 0 spiro atoms. The zero-order valence-electron chi connectivity index (χ0n) is 13.2. The molecule has 0 atom stereocenters. The molecule has 1 aromatic rings. The largest absolute Gasteiger partial charge is 0.494 e. The van der Waals surface area contributed by atoms with Crippen LogP contribution in [0.4, 0.5) is 0 Å². The highest BCUT2D eigenvalue weighted by Gasteiger charge is 2.00. The molecular formula is C17H29NO2. The summed E-state index contributed by atoms with van der Waals surface area (Å²) in [7, 11) is 0. The molecule has 20 heavy (non-hydrogen) atoms. The maximum atomic E-state index is 5.74. The quantitative estimate of drug-likeness (QED) is 0.572. The second-order valence-corrected chi connectivity index (χ2v) is 4.90. The van der Waals surface area contributed by atoms with E-state index in [0.717, 1.165) is 63.6 Å². The van der Waals surface area contributed by atoms with Crippen molar-refractivity contribution in [3.05, 3.63) is 24.3 Å². The van der Waals surface area contributed by atoms with Crippen LogP contribution in [0.25, 0.3) is 0 Å². The van der Waals surface area contributed by atoms with E-state index in [2.05, 4.69) is 25.7 Å². The summed E-state index contributed by atoms with van der Waals surface area (Å²) in [6.45, 7) is 11.4. The summed E-state index contributed by atoms with van der Waals surface area (Å²) < 4.78 is 11.4. The average molecular weight is 279 g/mol. The van der Waals surface area contributed by atoms with Crippen LogP contribution in [-0.2, 0) is 0 Å². The van der Waals surface area contributed by atoms with Gasteiger partial charge in [-0.3, -0.25) is 0 Å². The summed E-state index contributed by atoms with van der Waals surface area (Å²) >= 11 is 0. The Labute approximate surface area is 123 Å². The third-order valence-corrected chi connectivity index (χ3v) is 3.37. The minimum absolute atomic E-state index is 0.770. The predicted molar refractivity (Wildman–Crippen MR) is 84.7 cm³/mol. The van der Waals surface area contributed by atoms with Gasteiger partial charge in [0.15, 0.2) is 0 Å². The molecule has 0 N–H and O–H groups in total. The van der Waals surface area contributed by atoms with E-state index in [0.29, 0.717) is 0 Å². The van der Waals surface area contributed by atoms with Crippen LogP contribution < -0.4 is 9.47 Å². The molecule has 0 radical (unpaired) electrons. The van der Waals surface area contributed by atoms with Crippen LogP contribution in [0.5, 0.6) is 11.5 Å². The molecule has 3 nitrogen and oxygen atoms in total. The van der Waals surface area contributed by atoms with Gasteiger partial charge in [0.1, 0.15) is 11.5 Å². The van der Waals surface area contributed by atoms with E-state index in [1.165, 1.54) is 0 Å². The summed E-state index contributed by atoms with van der Waals surface area (Å²) in [5, 5.41) is 0. The molecule has 0 aromatic heterocycles. The Morgan fingerprint density at radius 1 is 0.800 bits per heavy atom. The summed E-state index contributed by atoms with van der Waals surface area (Å²) in [6.07, 6.45) is 3.33. The van der Waals surface area contributed by atoms with E-state index >= 15 is 0 Å². The molecule has 0 fully saturated rings. The molecule has 0 unspecified atom stereocenters. The lowest BCUT2D eigenvalue weighted by atomic mass is 10.3. The molecule has 0 heterocycles. The van der Waals surface area contributed by atoms with Crippen LogP contribution >= 0.6 is 0 Å². The number of ether oxygens (including phenoxy) is 2. The molecular weight excluding hydrogens is 250 g/mol. The molecule has 0 aliphatic carbocycles. The minimum atomic E-state index is 0.770. The highest BCUT2D eigenvalue weighted by Crippen LogP contribution is 2.18. The summed E-state index contributed by atoms with van der Waals surface area (Å²) in [6, 6.07) is 7.93. The fourth-order valence-electron chi connectivity index (χ4n) is 1.98.